The van der Waals surface area contributed by atoms with Crippen LogP contribution in [0.4, 0.5) is 4.79 Å². The molecule has 192 valence electrons. The van der Waals surface area contributed by atoms with Gasteiger partial charge in [0.05, 0.1) is 11.2 Å². The topological polar surface area (TPSA) is 83.1 Å². The number of nitrogens with one attached hydrogen (secondary N) is 1. The van der Waals surface area contributed by atoms with Crippen molar-refractivity contribution in [3.63, 3.8) is 0 Å². The van der Waals surface area contributed by atoms with E-state index >= 15 is 0 Å². The molecule has 0 spiro atoms. The molecule has 1 saturated carbocycles. The van der Waals surface area contributed by atoms with Crippen molar-refractivity contribution < 1.29 is 28.4 Å². The number of hydrogen-bond donors (Lipinski definition) is 1. The molecule has 2 aliphatic rings. The van der Waals surface area contributed by atoms with Gasteiger partial charge in [-0.3, -0.25) is 0 Å². The highest BCUT2D eigenvalue weighted by Gasteiger charge is 2.51. The number of carbonyl (C=O) groups is 2. The van der Waals surface area contributed by atoms with Crippen molar-refractivity contribution in [3.8, 4) is 0 Å². The number of carbonyl (C=O) groups excluding carboxylic acids is 2. The lowest BCUT2D eigenvalue weighted by molar-refractivity contribution is -0.151. The molecule has 35 heavy (non-hydrogen) atoms. The van der Waals surface area contributed by atoms with Crippen LogP contribution >= 0.6 is 0 Å². The van der Waals surface area contributed by atoms with Crippen LogP contribution in [-0.4, -0.2) is 48.1 Å². The number of alkyl carbamates (subject to hydrolysis) is 1. The van der Waals surface area contributed by atoms with Gasteiger partial charge in [-0.2, -0.15) is 0 Å². The van der Waals surface area contributed by atoms with Crippen molar-refractivity contribution in [2.24, 2.45) is 0 Å². The molecule has 0 unspecified atom stereocenters. The molecule has 1 saturated heterocycles. The van der Waals surface area contributed by atoms with Gasteiger partial charge >= 0.3 is 19.2 Å². The van der Waals surface area contributed by atoms with Crippen LogP contribution in [0.15, 0.2) is 30.3 Å². The maximum atomic E-state index is 12.8. The molecule has 3 rings (SSSR count). The molecule has 1 aromatic rings. The Hall–Kier alpha value is -2.32. The second-order valence-corrected chi connectivity index (χ2v) is 11.4. The summed E-state index contributed by atoms with van der Waals surface area (Å²) in [5.41, 5.74) is 0.480. The number of rotatable bonds is 7. The van der Waals surface area contributed by atoms with Gasteiger partial charge < -0.3 is 24.1 Å². The zero-order valence-corrected chi connectivity index (χ0v) is 22.2. The Morgan fingerprint density at radius 1 is 1.09 bits per heavy atom. The Morgan fingerprint density at radius 3 is 2.20 bits per heavy atom. The van der Waals surface area contributed by atoms with Gasteiger partial charge in [0.25, 0.3) is 0 Å². The fraction of sp³-hybridized carbons (Fsp3) is 0.630. The van der Waals surface area contributed by atoms with E-state index in [-0.39, 0.29) is 17.3 Å². The predicted octanol–water partition coefficient (Wildman–Crippen LogP) is 4.77. The minimum absolute atomic E-state index is 0.0723. The molecule has 0 aromatic heterocycles. The van der Waals surface area contributed by atoms with Crippen LogP contribution in [0.2, 0.25) is 0 Å². The average molecular weight is 485 g/mol. The first kappa shape index (κ1) is 27.3. The lowest BCUT2D eigenvalue weighted by Gasteiger charge is -2.32. The molecule has 2 fully saturated rings. The Labute approximate surface area is 210 Å². The highest BCUT2D eigenvalue weighted by molar-refractivity contribution is 6.62. The van der Waals surface area contributed by atoms with Crippen LogP contribution in [0.5, 0.6) is 0 Å². The number of esters is 1. The molecule has 0 bridgehead atoms. The van der Waals surface area contributed by atoms with Crippen molar-refractivity contribution in [1.82, 2.24) is 5.32 Å². The molecule has 1 amide bonds. The molecular formula is C27H40BNO6. The number of hydrogen-bond acceptors (Lipinski definition) is 6. The van der Waals surface area contributed by atoms with E-state index in [1.165, 1.54) is 0 Å². The normalized spacial score (nSPS) is 20.7. The van der Waals surface area contributed by atoms with E-state index in [0.717, 1.165) is 36.7 Å². The third-order valence-corrected chi connectivity index (χ3v) is 6.70. The van der Waals surface area contributed by atoms with E-state index in [4.69, 9.17) is 18.8 Å². The van der Waals surface area contributed by atoms with Crippen LogP contribution < -0.4 is 10.8 Å². The standard InChI is InChI=1S/C27H40BNO6/c1-25(2,3)33-24(31)29-22(23(30)32-21-12-8-9-13-21)14-10-11-19-15-17-20(18-16-19)28-34-26(4,5)27(6,7)35-28/h10-11,15-18,21-22H,8-9,12-14H2,1-7H3,(H,29,31)/b11-10-/t22-/m0/s1. The highest BCUT2D eigenvalue weighted by atomic mass is 16.7. The van der Waals surface area contributed by atoms with Gasteiger partial charge in [0.15, 0.2) is 0 Å². The summed E-state index contributed by atoms with van der Waals surface area (Å²) in [5, 5.41) is 2.68. The molecule has 7 nitrogen and oxygen atoms in total. The molecular weight excluding hydrogens is 445 g/mol. The average Bonchev–Trinajstić information content (AvgIpc) is 3.31. The highest BCUT2D eigenvalue weighted by Crippen LogP contribution is 2.36. The molecule has 1 heterocycles. The summed E-state index contributed by atoms with van der Waals surface area (Å²) in [5.74, 6) is -0.427. The lowest BCUT2D eigenvalue weighted by Crippen LogP contribution is -2.44. The molecule has 1 atom stereocenters. The van der Waals surface area contributed by atoms with Gasteiger partial charge in [-0.15, -0.1) is 0 Å². The zero-order valence-electron chi connectivity index (χ0n) is 22.2. The smallest absolute Gasteiger partial charge is 0.461 e. The van der Waals surface area contributed by atoms with E-state index in [1.807, 2.05) is 64.1 Å². The second kappa shape index (κ2) is 10.7. The summed E-state index contributed by atoms with van der Waals surface area (Å²) in [7, 11) is -0.411. The molecule has 1 N–H and O–H groups in total. The van der Waals surface area contributed by atoms with Crippen LogP contribution in [0.1, 0.15) is 86.1 Å². The predicted molar refractivity (Wildman–Crippen MR) is 137 cm³/mol. The van der Waals surface area contributed by atoms with E-state index in [2.05, 4.69) is 5.32 Å². The fourth-order valence-electron chi connectivity index (χ4n) is 4.00. The Morgan fingerprint density at radius 2 is 1.66 bits per heavy atom. The summed E-state index contributed by atoms with van der Waals surface area (Å²) in [6.07, 6.45) is 7.23. The summed E-state index contributed by atoms with van der Waals surface area (Å²) >= 11 is 0. The first-order chi connectivity index (χ1) is 16.3. The largest absolute Gasteiger partial charge is 0.494 e. The number of benzene rings is 1. The third-order valence-electron chi connectivity index (χ3n) is 6.70. The minimum Gasteiger partial charge on any atom is -0.461 e. The van der Waals surface area contributed by atoms with Crippen molar-refractivity contribution in [2.75, 3.05) is 0 Å². The van der Waals surface area contributed by atoms with Gasteiger partial charge in [-0.25, -0.2) is 9.59 Å². The molecule has 1 aliphatic carbocycles. The van der Waals surface area contributed by atoms with E-state index in [1.54, 1.807) is 20.8 Å². The van der Waals surface area contributed by atoms with Gasteiger partial charge in [-0.05, 0) is 91.6 Å². The number of amides is 1. The van der Waals surface area contributed by atoms with Crippen LogP contribution in [-0.2, 0) is 23.6 Å². The van der Waals surface area contributed by atoms with Gasteiger partial charge in [0, 0.05) is 0 Å². The molecule has 1 aromatic carbocycles. The Bertz CT molecular complexity index is 897. The first-order valence-electron chi connectivity index (χ1n) is 12.6. The Kier molecular flexibility index (Phi) is 8.38. The van der Waals surface area contributed by atoms with Crippen molar-refractivity contribution in [2.45, 2.75) is 110 Å². The van der Waals surface area contributed by atoms with Crippen molar-refractivity contribution in [1.29, 1.82) is 0 Å². The lowest BCUT2D eigenvalue weighted by atomic mass is 9.79. The van der Waals surface area contributed by atoms with Crippen LogP contribution in [0.25, 0.3) is 6.08 Å². The van der Waals surface area contributed by atoms with Gasteiger partial charge in [-0.1, -0.05) is 36.4 Å². The minimum atomic E-state index is -0.814. The van der Waals surface area contributed by atoms with Crippen LogP contribution in [0.3, 0.4) is 0 Å². The summed E-state index contributed by atoms with van der Waals surface area (Å²) < 4.78 is 23.2. The van der Waals surface area contributed by atoms with Gasteiger partial charge in [0.1, 0.15) is 17.7 Å². The van der Waals surface area contributed by atoms with Crippen molar-refractivity contribution >= 4 is 30.7 Å². The van der Waals surface area contributed by atoms with Crippen molar-refractivity contribution in [3.05, 3.63) is 35.9 Å². The van der Waals surface area contributed by atoms with E-state index in [0.29, 0.717) is 6.42 Å². The summed E-state index contributed by atoms with van der Waals surface area (Å²) in [4.78, 5) is 25.1. The second-order valence-electron chi connectivity index (χ2n) is 11.4. The SMILES string of the molecule is CC(C)(C)OC(=O)N[C@@H](C/C=C\c1ccc(B2OC(C)(C)C(C)(C)O2)cc1)C(=O)OC1CCCC1. The third kappa shape index (κ3) is 7.58. The molecule has 8 heteroatoms. The fourth-order valence-corrected chi connectivity index (χ4v) is 4.00. The van der Waals surface area contributed by atoms with E-state index < -0.39 is 30.8 Å². The monoisotopic (exact) mass is 485 g/mol. The first-order valence-corrected chi connectivity index (χ1v) is 12.6. The Balaban J connectivity index is 1.62. The summed E-state index contributed by atoms with van der Waals surface area (Å²) in [6, 6.07) is 7.10. The zero-order chi connectivity index (χ0) is 25.9. The maximum Gasteiger partial charge on any atom is 0.494 e. The maximum absolute atomic E-state index is 12.8. The quantitative estimate of drug-likeness (QED) is 0.443. The molecule has 0 radical (unpaired) electrons. The van der Waals surface area contributed by atoms with Crippen LogP contribution in [0, 0.1) is 0 Å². The van der Waals surface area contributed by atoms with E-state index in [9.17, 15) is 9.59 Å². The molecule has 1 aliphatic heterocycles. The van der Waals surface area contributed by atoms with Gasteiger partial charge in [0.2, 0.25) is 0 Å². The summed E-state index contributed by atoms with van der Waals surface area (Å²) in [6.45, 7) is 13.5. The number of ether oxygens (including phenoxy) is 2.